The molecule has 8 nitrogen and oxygen atoms in total. The minimum Gasteiger partial charge on any atom is -0.391 e. The van der Waals surface area contributed by atoms with Gasteiger partial charge in [0.25, 0.3) is 0 Å². The Hall–Kier alpha value is -0.500. The first-order chi connectivity index (χ1) is 21.5. The summed E-state index contributed by atoms with van der Waals surface area (Å²) >= 11 is 0. The van der Waals surface area contributed by atoms with Crippen molar-refractivity contribution in [3.05, 3.63) is 0 Å². The number of hydrogen-bond acceptors (Lipinski definition) is 5. The summed E-state index contributed by atoms with van der Waals surface area (Å²) in [5.41, 5.74) is 0. The van der Waals surface area contributed by atoms with Crippen LogP contribution in [0.15, 0.2) is 0 Å². The molecule has 0 fully saturated rings. The molecule has 0 saturated heterocycles. The predicted molar refractivity (Wildman–Crippen MR) is 189 cm³/mol. The monoisotopic (exact) mass is 664 g/mol. The molecule has 0 saturated carbocycles. The Labute approximate surface area is 279 Å². The van der Waals surface area contributed by atoms with Gasteiger partial charge in [-0.25, -0.2) is 4.57 Å². The number of unbranched alkanes of at least 4 members (excludes halogenated alkanes) is 21. The molecule has 0 radical (unpaired) electrons. The highest BCUT2D eigenvalue weighted by molar-refractivity contribution is 7.47. The van der Waals surface area contributed by atoms with E-state index in [1.807, 2.05) is 21.1 Å². The van der Waals surface area contributed by atoms with Crippen LogP contribution in [0.5, 0.6) is 0 Å². The van der Waals surface area contributed by atoms with Gasteiger partial charge in [0.1, 0.15) is 13.2 Å². The molecule has 0 aliphatic heterocycles. The first-order valence-electron chi connectivity index (χ1n) is 18.9. The van der Waals surface area contributed by atoms with Crippen molar-refractivity contribution < 1.29 is 32.9 Å². The Balaban J connectivity index is 3.97. The molecular weight excluding hydrogens is 587 g/mol. The van der Waals surface area contributed by atoms with Gasteiger partial charge in [-0.1, -0.05) is 155 Å². The normalized spacial score (nSPS) is 14.7. The number of carbonyl (C=O) groups is 1. The molecule has 0 aromatic carbocycles. The average Bonchev–Trinajstić information content (AvgIpc) is 2.97. The summed E-state index contributed by atoms with van der Waals surface area (Å²) in [5.74, 6) is -0.153. The fourth-order valence-corrected chi connectivity index (χ4v) is 6.25. The van der Waals surface area contributed by atoms with Crippen LogP contribution in [0.1, 0.15) is 174 Å². The second-order valence-electron chi connectivity index (χ2n) is 14.3. The van der Waals surface area contributed by atoms with Crippen LogP contribution in [0.4, 0.5) is 0 Å². The third-order valence-electron chi connectivity index (χ3n) is 8.61. The van der Waals surface area contributed by atoms with Gasteiger partial charge in [-0.15, -0.1) is 0 Å². The van der Waals surface area contributed by atoms with Crippen molar-refractivity contribution in [3.63, 3.8) is 0 Å². The highest BCUT2D eigenvalue weighted by Gasteiger charge is 2.28. The van der Waals surface area contributed by atoms with Crippen LogP contribution in [0.3, 0.4) is 0 Å². The molecule has 0 aromatic heterocycles. The number of nitrogens with one attached hydrogen (secondary N) is 1. The summed E-state index contributed by atoms with van der Waals surface area (Å²) in [4.78, 5) is 22.7. The minimum atomic E-state index is -4.28. The fraction of sp³-hybridized carbons (Fsp3) is 0.972. The maximum absolute atomic E-state index is 12.6. The number of phosphoric acid groups is 1. The number of aliphatic hydroxyl groups is 1. The lowest BCUT2D eigenvalue weighted by atomic mass is 10.0. The number of likely N-dealkylation sites (N-methyl/N-ethyl adjacent to an activating group) is 1. The molecule has 0 bridgehead atoms. The van der Waals surface area contributed by atoms with Gasteiger partial charge in [-0.05, 0) is 12.8 Å². The number of hydrogen-bond donors (Lipinski definition) is 3. The zero-order valence-corrected chi connectivity index (χ0v) is 31.3. The third kappa shape index (κ3) is 31.8. The van der Waals surface area contributed by atoms with E-state index in [4.69, 9.17) is 9.05 Å². The van der Waals surface area contributed by atoms with Gasteiger partial charge in [0.2, 0.25) is 5.91 Å². The van der Waals surface area contributed by atoms with Crippen LogP contribution in [-0.2, 0) is 18.4 Å². The van der Waals surface area contributed by atoms with Gasteiger partial charge >= 0.3 is 7.82 Å². The minimum absolute atomic E-state index is 0.0762. The largest absolute Gasteiger partial charge is 0.472 e. The van der Waals surface area contributed by atoms with Crippen molar-refractivity contribution in [1.82, 2.24) is 5.32 Å². The van der Waals surface area contributed by atoms with Gasteiger partial charge in [0.15, 0.2) is 0 Å². The third-order valence-corrected chi connectivity index (χ3v) is 9.59. The molecule has 0 aliphatic rings. The van der Waals surface area contributed by atoms with E-state index in [2.05, 4.69) is 19.2 Å². The molecule has 0 aliphatic carbocycles. The fourth-order valence-electron chi connectivity index (χ4n) is 5.52. The maximum atomic E-state index is 12.6. The Morgan fingerprint density at radius 2 is 1.07 bits per heavy atom. The van der Waals surface area contributed by atoms with Crippen molar-refractivity contribution in [2.24, 2.45) is 0 Å². The van der Waals surface area contributed by atoms with Gasteiger partial charge < -0.3 is 19.8 Å². The van der Waals surface area contributed by atoms with E-state index in [0.29, 0.717) is 23.9 Å². The van der Waals surface area contributed by atoms with Gasteiger partial charge in [0, 0.05) is 6.42 Å². The molecule has 9 heteroatoms. The standard InChI is InChI=1S/C36H75N2O6P/c1-6-8-10-11-12-13-14-15-16-17-18-19-20-21-22-23-24-25-26-28-30-36(40)37-34(35(39)29-27-9-7-2)33-44-45(41,42)43-32-31-38(3,4)5/h34-35,39H,6-33H2,1-5H3,(H-,37,40,41,42)/p+1. The lowest BCUT2D eigenvalue weighted by molar-refractivity contribution is -0.870. The number of quaternary nitrogens is 1. The zero-order chi connectivity index (χ0) is 33.7. The first kappa shape index (κ1) is 44.5. The molecule has 1 amide bonds. The lowest BCUT2D eigenvalue weighted by Gasteiger charge is -2.26. The summed E-state index contributed by atoms with van der Waals surface area (Å²) in [6, 6.07) is -0.748. The van der Waals surface area contributed by atoms with Gasteiger partial charge in [0.05, 0.1) is 39.9 Å². The second kappa shape index (κ2) is 29.6. The van der Waals surface area contributed by atoms with Crippen molar-refractivity contribution in [2.75, 3.05) is 40.9 Å². The molecule has 3 atom stereocenters. The van der Waals surface area contributed by atoms with Crippen molar-refractivity contribution in [3.8, 4) is 0 Å². The summed E-state index contributed by atoms with van der Waals surface area (Å²) < 4.78 is 23.2. The van der Waals surface area contributed by atoms with Crippen molar-refractivity contribution in [1.29, 1.82) is 0 Å². The highest BCUT2D eigenvalue weighted by Crippen LogP contribution is 2.43. The zero-order valence-electron chi connectivity index (χ0n) is 30.4. The molecule has 270 valence electrons. The quantitative estimate of drug-likeness (QED) is 0.0360. The van der Waals surface area contributed by atoms with Crippen LogP contribution in [-0.4, -0.2) is 73.4 Å². The van der Waals surface area contributed by atoms with E-state index in [9.17, 15) is 19.4 Å². The van der Waals surface area contributed by atoms with Gasteiger partial charge in [-0.2, -0.15) is 0 Å². The summed E-state index contributed by atoms with van der Waals surface area (Å²) in [5, 5.41) is 13.5. The van der Waals surface area contributed by atoms with E-state index >= 15 is 0 Å². The lowest BCUT2D eigenvalue weighted by Crippen LogP contribution is -2.46. The highest BCUT2D eigenvalue weighted by atomic mass is 31.2. The molecule has 0 rings (SSSR count). The van der Waals surface area contributed by atoms with Crippen LogP contribution < -0.4 is 5.32 Å². The number of phosphoric ester groups is 1. The summed E-state index contributed by atoms with van der Waals surface area (Å²) in [7, 11) is 1.62. The number of nitrogens with zero attached hydrogens (tertiary/aromatic N) is 1. The number of amides is 1. The molecule has 0 heterocycles. The Morgan fingerprint density at radius 3 is 1.49 bits per heavy atom. The number of carbonyl (C=O) groups excluding carboxylic acids is 1. The van der Waals surface area contributed by atoms with Crippen LogP contribution in [0.25, 0.3) is 0 Å². The summed E-state index contributed by atoms with van der Waals surface area (Å²) in [6.45, 7) is 4.73. The molecule has 45 heavy (non-hydrogen) atoms. The Morgan fingerprint density at radius 1 is 0.667 bits per heavy atom. The molecular formula is C36H76N2O6P+. The van der Waals surface area contributed by atoms with E-state index in [-0.39, 0.29) is 19.1 Å². The first-order valence-corrected chi connectivity index (χ1v) is 20.4. The van der Waals surface area contributed by atoms with Crippen molar-refractivity contribution in [2.45, 2.75) is 187 Å². The molecule has 3 N–H and O–H groups in total. The average molecular weight is 664 g/mol. The smallest absolute Gasteiger partial charge is 0.391 e. The van der Waals surface area contributed by atoms with Crippen LogP contribution in [0.2, 0.25) is 0 Å². The van der Waals surface area contributed by atoms with Crippen LogP contribution in [0, 0.1) is 0 Å². The van der Waals surface area contributed by atoms with Crippen molar-refractivity contribution >= 4 is 13.7 Å². The Bertz CT molecular complexity index is 718. The van der Waals surface area contributed by atoms with Gasteiger partial charge in [-0.3, -0.25) is 13.8 Å². The van der Waals surface area contributed by atoms with E-state index in [1.54, 1.807) is 0 Å². The van der Waals surface area contributed by atoms with E-state index < -0.39 is 20.0 Å². The van der Waals surface area contributed by atoms with E-state index in [1.165, 1.54) is 109 Å². The van der Waals surface area contributed by atoms with Crippen LogP contribution >= 0.6 is 7.82 Å². The number of rotatable bonds is 34. The van der Waals surface area contributed by atoms with E-state index in [0.717, 1.165) is 38.5 Å². The molecule has 3 unspecified atom stereocenters. The predicted octanol–water partition coefficient (Wildman–Crippen LogP) is 9.46. The molecule has 0 spiro atoms. The summed E-state index contributed by atoms with van der Waals surface area (Å²) in [6.07, 6.45) is 29.2. The second-order valence-corrected chi connectivity index (χ2v) is 15.8. The maximum Gasteiger partial charge on any atom is 0.472 e. The molecule has 0 aromatic rings. The number of aliphatic hydroxyl groups excluding tert-OH is 1. The SMILES string of the molecule is CCCCCCCCCCCCCCCCCCCCCCC(=O)NC(COP(=O)(O)OCC[N+](C)(C)C)C(O)CCCCC. The topological polar surface area (TPSA) is 105 Å². The Kier molecular flexibility index (Phi) is 29.3.